The van der Waals surface area contributed by atoms with Gasteiger partial charge in [0.15, 0.2) is 0 Å². The van der Waals surface area contributed by atoms with Crippen LogP contribution in [0, 0.1) is 0 Å². The number of nitrogens with zero attached hydrogens (tertiary/aromatic N) is 1. The molecule has 2 atom stereocenters. The summed E-state index contributed by atoms with van der Waals surface area (Å²) in [6.45, 7) is 5.66. The van der Waals surface area contributed by atoms with Crippen molar-refractivity contribution in [2.24, 2.45) is 0 Å². The molecule has 0 bridgehead atoms. The fourth-order valence-electron chi connectivity index (χ4n) is 3.26. The Morgan fingerprint density at radius 1 is 1.20 bits per heavy atom. The fraction of sp³-hybridized carbons (Fsp3) is 0.667. The van der Waals surface area contributed by atoms with Crippen LogP contribution >= 0.6 is 0 Å². The number of benzene rings is 1. The summed E-state index contributed by atoms with van der Waals surface area (Å²) < 4.78 is 0. The number of hydrogen-bond donors (Lipinski definition) is 1. The van der Waals surface area contributed by atoms with Gasteiger partial charge in [0.25, 0.3) is 0 Å². The van der Waals surface area contributed by atoms with Crippen LogP contribution in [0.2, 0.25) is 0 Å². The lowest BCUT2D eigenvalue weighted by Crippen LogP contribution is -2.49. The van der Waals surface area contributed by atoms with Crippen molar-refractivity contribution in [3.05, 3.63) is 35.9 Å². The minimum atomic E-state index is 0.451. The standard InChI is InChI=1S/C18H30N2/c1-4-14-19-18(15-10-7-6-8-11-15)17(5-2)20(3)16-12-9-13-16/h6-8,10-11,16-19H,4-5,9,12-14H2,1-3H3. The predicted molar refractivity (Wildman–Crippen MR) is 87.0 cm³/mol. The summed E-state index contributed by atoms with van der Waals surface area (Å²) in [5, 5.41) is 3.78. The van der Waals surface area contributed by atoms with Crippen LogP contribution in [0.15, 0.2) is 30.3 Å². The smallest absolute Gasteiger partial charge is 0.0478 e. The van der Waals surface area contributed by atoms with Crippen LogP contribution in [0.5, 0.6) is 0 Å². The second-order valence-electron chi connectivity index (χ2n) is 6.07. The van der Waals surface area contributed by atoms with Crippen molar-refractivity contribution in [1.29, 1.82) is 0 Å². The summed E-state index contributed by atoms with van der Waals surface area (Å²) in [5.74, 6) is 0. The van der Waals surface area contributed by atoms with Crippen LogP contribution in [0.1, 0.15) is 57.6 Å². The summed E-state index contributed by atoms with van der Waals surface area (Å²) >= 11 is 0. The minimum Gasteiger partial charge on any atom is -0.309 e. The first-order valence-electron chi connectivity index (χ1n) is 8.28. The maximum Gasteiger partial charge on any atom is 0.0478 e. The Labute approximate surface area is 124 Å². The molecule has 1 aliphatic carbocycles. The largest absolute Gasteiger partial charge is 0.309 e. The number of nitrogens with one attached hydrogen (secondary N) is 1. The van der Waals surface area contributed by atoms with E-state index in [1.807, 2.05) is 0 Å². The Hall–Kier alpha value is -0.860. The third kappa shape index (κ3) is 3.62. The van der Waals surface area contributed by atoms with Crippen LogP contribution in [-0.2, 0) is 0 Å². The first-order valence-corrected chi connectivity index (χ1v) is 8.28. The molecule has 0 radical (unpaired) electrons. The van der Waals surface area contributed by atoms with Crippen molar-refractivity contribution >= 4 is 0 Å². The van der Waals surface area contributed by atoms with Gasteiger partial charge < -0.3 is 5.32 Å². The van der Waals surface area contributed by atoms with E-state index >= 15 is 0 Å². The van der Waals surface area contributed by atoms with Gasteiger partial charge in [0, 0.05) is 18.1 Å². The normalized spacial score (nSPS) is 18.8. The molecule has 0 spiro atoms. The molecule has 1 saturated carbocycles. The summed E-state index contributed by atoms with van der Waals surface area (Å²) in [7, 11) is 2.32. The molecule has 1 fully saturated rings. The molecule has 1 N–H and O–H groups in total. The second kappa shape index (κ2) is 7.80. The molecule has 2 rings (SSSR count). The molecule has 2 nitrogen and oxygen atoms in total. The lowest BCUT2D eigenvalue weighted by atomic mass is 9.87. The first kappa shape index (κ1) is 15.5. The highest BCUT2D eigenvalue weighted by atomic mass is 15.2. The van der Waals surface area contributed by atoms with Gasteiger partial charge in [-0.25, -0.2) is 0 Å². The monoisotopic (exact) mass is 274 g/mol. The molecule has 112 valence electrons. The quantitative estimate of drug-likeness (QED) is 0.771. The van der Waals surface area contributed by atoms with E-state index in [1.54, 1.807) is 0 Å². The average molecular weight is 274 g/mol. The zero-order valence-corrected chi connectivity index (χ0v) is 13.3. The van der Waals surface area contributed by atoms with Crippen LogP contribution in [-0.4, -0.2) is 30.6 Å². The SMILES string of the molecule is CCCNC(c1ccccc1)C(CC)N(C)C1CCC1. The average Bonchev–Trinajstić information content (AvgIpc) is 2.42. The van der Waals surface area contributed by atoms with Crippen LogP contribution in [0.3, 0.4) is 0 Å². The van der Waals surface area contributed by atoms with Gasteiger partial charge in [-0.3, -0.25) is 4.90 Å². The van der Waals surface area contributed by atoms with E-state index in [0.29, 0.717) is 12.1 Å². The predicted octanol–water partition coefficient (Wildman–Crippen LogP) is 3.99. The Bertz CT molecular complexity index is 372. The lowest BCUT2D eigenvalue weighted by molar-refractivity contribution is 0.0840. The zero-order valence-electron chi connectivity index (χ0n) is 13.3. The van der Waals surface area contributed by atoms with Gasteiger partial charge in [0.2, 0.25) is 0 Å². The van der Waals surface area contributed by atoms with E-state index in [4.69, 9.17) is 0 Å². The molecule has 0 heterocycles. The van der Waals surface area contributed by atoms with E-state index in [0.717, 1.165) is 12.6 Å². The van der Waals surface area contributed by atoms with Crippen molar-refractivity contribution in [2.45, 2.75) is 64.1 Å². The molecular weight excluding hydrogens is 244 g/mol. The molecular formula is C18H30N2. The zero-order chi connectivity index (χ0) is 14.4. The fourth-order valence-corrected chi connectivity index (χ4v) is 3.26. The molecule has 2 unspecified atom stereocenters. The molecule has 1 aromatic rings. The van der Waals surface area contributed by atoms with E-state index in [-0.39, 0.29) is 0 Å². The Balaban J connectivity index is 2.14. The van der Waals surface area contributed by atoms with Crippen molar-refractivity contribution in [1.82, 2.24) is 10.2 Å². The van der Waals surface area contributed by atoms with Crippen LogP contribution in [0.4, 0.5) is 0 Å². The maximum atomic E-state index is 3.78. The van der Waals surface area contributed by atoms with Crippen molar-refractivity contribution in [3.8, 4) is 0 Å². The molecule has 2 heteroatoms. The van der Waals surface area contributed by atoms with Crippen LogP contribution < -0.4 is 5.32 Å². The number of likely N-dealkylation sites (N-methyl/N-ethyl adjacent to an activating group) is 1. The highest BCUT2D eigenvalue weighted by Gasteiger charge is 2.31. The van der Waals surface area contributed by atoms with Crippen molar-refractivity contribution in [3.63, 3.8) is 0 Å². The van der Waals surface area contributed by atoms with Gasteiger partial charge in [0.1, 0.15) is 0 Å². The number of rotatable bonds is 8. The van der Waals surface area contributed by atoms with E-state index in [2.05, 4.69) is 61.4 Å². The van der Waals surface area contributed by atoms with Crippen molar-refractivity contribution in [2.75, 3.05) is 13.6 Å². The topological polar surface area (TPSA) is 15.3 Å². The highest BCUT2D eigenvalue weighted by Crippen LogP contribution is 2.31. The Morgan fingerprint density at radius 3 is 2.40 bits per heavy atom. The van der Waals surface area contributed by atoms with Crippen molar-refractivity contribution < 1.29 is 0 Å². The van der Waals surface area contributed by atoms with Gasteiger partial charge >= 0.3 is 0 Å². The second-order valence-corrected chi connectivity index (χ2v) is 6.07. The Kier molecular flexibility index (Phi) is 6.06. The first-order chi connectivity index (χ1) is 9.77. The minimum absolute atomic E-state index is 0.451. The molecule has 1 aliphatic rings. The molecule has 1 aromatic carbocycles. The van der Waals surface area contributed by atoms with Gasteiger partial charge in [-0.1, -0.05) is 50.6 Å². The maximum absolute atomic E-state index is 3.78. The summed E-state index contributed by atoms with van der Waals surface area (Å²) in [6.07, 6.45) is 6.55. The van der Waals surface area contributed by atoms with E-state index < -0.39 is 0 Å². The molecule has 0 aliphatic heterocycles. The summed E-state index contributed by atoms with van der Waals surface area (Å²) in [4.78, 5) is 2.63. The third-order valence-corrected chi connectivity index (χ3v) is 4.75. The van der Waals surface area contributed by atoms with Crippen LogP contribution in [0.25, 0.3) is 0 Å². The van der Waals surface area contributed by atoms with Gasteiger partial charge in [0.05, 0.1) is 0 Å². The molecule has 0 saturated heterocycles. The molecule has 0 aromatic heterocycles. The van der Waals surface area contributed by atoms with E-state index in [9.17, 15) is 0 Å². The summed E-state index contributed by atoms with van der Waals surface area (Å²) in [5.41, 5.74) is 1.43. The molecule has 0 amide bonds. The lowest BCUT2D eigenvalue weighted by Gasteiger charge is -2.43. The Morgan fingerprint density at radius 2 is 1.90 bits per heavy atom. The van der Waals surface area contributed by atoms with Gasteiger partial charge in [-0.2, -0.15) is 0 Å². The van der Waals surface area contributed by atoms with Gasteiger partial charge in [-0.15, -0.1) is 0 Å². The summed E-state index contributed by atoms with van der Waals surface area (Å²) in [6, 6.07) is 12.8. The third-order valence-electron chi connectivity index (χ3n) is 4.75. The highest BCUT2D eigenvalue weighted by molar-refractivity contribution is 5.21. The van der Waals surface area contributed by atoms with E-state index in [1.165, 1.54) is 37.7 Å². The number of hydrogen-bond acceptors (Lipinski definition) is 2. The van der Waals surface area contributed by atoms with Gasteiger partial charge in [-0.05, 0) is 44.8 Å². The molecule has 20 heavy (non-hydrogen) atoms.